The van der Waals surface area contributed by atoms with Crippen LogP contribution in [-0.4, -0.2) is 9.13 Å². The van der Waals surface area contributed by atoms with Gasteiger partial charge in [0, 0.05) is 12.1 Å². The van der Waals surface area contributed by atoms with E-state index >= 15 is 0 Å². The van der Waals surface area contributed by atoms with Crippen molar-refractivity contribution >= 4 is 11.6 Å². The lowest BCUT2D eigenvalue weighted by Gasteiger charge is -2.02. The largest absolute Gasteiger partial charge is 0.334 e. The second-order valence-corrected chi connectivity index (χ2v) is 4.01. The predicted octanol–water partition coefficient (Wildman–Crippen LogP) is 1.57. The van der Waals surface area contributed by atoms with Crippen LogP contribution in [0, 0.1) is 22.7 Å². The minimum Gasteiger partial charge on any atom is -0.285 e. The Morgan fingerprint density at radius 2 is 1.67 bits per heavy atom. The first-order valence-electron chi connectivity index (χ1n) is 4.98. The molecule has 0 unspecified atom stereocenters. The minimum atomic E-state index is -0.439. The van der Waals surface area contributed by atoms with Crippen LogP contribution in [0.4, 0.5) is 0 Å². The topological polar surface area (TPSA) is 74.5 Å². The van der Waals surface area contributed by atoms with E-state index in [2.05, 4.69) is 0 Å². The van der Waals surface area contributed by atoms with E-state index in [0.717, 1.165) is 4.57 Å². The van der Waals surface area contributed by atoms with E-state index in [0.29, 0.717) is 10.7 Å². The van der Waals surface area contributed by atoms with Crippen LogP contribution in [0.2, 0.25) is 5.02 Å². The summed E-state index contributed by atoms with van der Waals surface area (Å²) in [5, 5.41) is 18.6. The molecule has 6 heteroatoms. The molecule has 88 valence electrons. The molecule has 2 aromatic rings. The van der Waals surface area contributed by atoms with E-state index in [1.807, 2.05) is 12.1 Å². The lowest BCUT2D eigenvalue weighted by atomic mass is 10.3. The molecule has 2 rings (SSSR count). The third kappa shape index (κ3) is 1.67. The van der Waals surface area contributed by atoms with Gasteiger partial charge in [0.2, 0.25) is 0 Å². The molecule has 0 N–H and O–H groups in total. The average molecular weight is 259 g/mol. The van der Waals surface area contributed by atoms with Crippen LogP contribution in [-0.2, 0) is 7.05 Å². The Balaban J connectivity index is 2.81. The van der Waals surface area contributed by atoms with Gasteiger partial charge < -0.3 is 0 Å². The number of nitriles is 2. The van der Waals surface area contributed by atoms with Crippen LogP contribution in [0.25, 0.3) is 5.69 Å². The van der Waals surface area contributed by atoms with Crippen molar-refractivity contribution in [3.63, 3.8) is 0 Å². The highest BCUT2D eigenvalue weighted by molar-refractivity contribution is 6.30. The summed E-state index contributed by atoms with van der Waals surface area (Å²) in [6, 6.07) is 10.2. The molecule has 0 saturated carbocycles. The number of halogens is 1. The van der Waals surface area contributed by atoms with Crippen molar-refractivity contribution in [3.05, 3.63) is 51.2 Å². The number of hydrogen-bond donors (Lipinski definition) is 0. The highest BCUT2D eigenvalue weighted by Crippen LogP contribution is 2.15. The van der Waals surface area contributed by atoms with E-state index in [-0.39, 0.29) is 11.4 Å². The Labute approximate surface area is 108 Å². The van der Waals surface area contributed by atoms with Crippen LogP contribution in [0.3, 0.4) is 0 Å². The van der Waals surface area contributed by atoms with E-state index in [4.69, 9.17) is 22.1 Å². The molecule has 1 aromatic carbocycles. The highest BCUT2D eigenvalue weighted by atomic mass is 35.5. The highest BCUT2D eigenvalue weighted by Gasteiger charge is 2.18. The van der Waals surface area contributed by atoms with Crippen LogP contribution >= 0.6 is 11.6 Å². The first-order chi connectivity index (χ1) is 8.60. The maximum Gasteiger partial charge on any atom is 0.334 e. The zero-order valence-corrected chi connectivity index (χ0v) is 10.1. The van der Waals surface area contributed by atoms with Gasteiger partial charge >= 0.3 is 5.69 Å². The second-order valence-electron chi connectivity index (χ2n) is 3.57. The summed E-state index contributed by atoms with van der Waals surface area (Å²) >= 11 is 5.77. The second kappa shape index (κ2) is 4.40. The minimum absolute atomic E-state index is 0.0207. The zero-order chi connectivity index (χ0) is 13.3. The van der Waals surface area contributed by atoms with E-state index in [1.54, 1.807) is 24.3 Å². The molecule has 0 atom stereocenters. The van der Waals surface area contributed by atoms with Crippen LogP contribution in [0.5, 0.6) is 0 Å². The van der Waals surface area contributed by atoms with Crippen LogP contribution < -0.4 is 5.69 Å². The van der Waals surface area contributed by atoms with Crippen molar-refractivity contribution in [2.75, 3.05) is 0 Å². The number of imidazole rings is 1. The molecule has 0 aliphatic rings. The van der Waals surface area contributed by atoms with Gasteiger partial charge in [0.25, 0.3) is 0 Å². The lowest BCUT2D eigenvalue weighted by Crippen LogP contribution is -2.21. The molecule has 1 aromatic heterocycles. The molecule has 0 radical (unpaired) electrons. The fourth-order valence-electron chi connectivity index (χ4n) is 1.67. The number of nitrogens with zero attached hydrogens (tertiary/aromatic N) is 4. The molecule has 5 nitrogen and oxygen atoms in total. The average Bonchev–Trinajstić information content (AvgIpc) is 2.62. The third-order valence-electron chi connectivity index (χ3n) is 2.56. The Hall–Kier alpha value is -2.50. The normalized spacial score (nSPS) is 9.78. The number of rotatable bonds is 1. The monoisotopic (exact) mass is 258 g/mol. The van der Waals surface area contributed by atoms with Gasteiger partial charge in [-0.25, -0.2) is 4.79 Å². The zero-order valence-electron chi connectivity index (χ0n) is 9.38. The third-order valence-corrected chi connectivity index (χ3v) is 2.81. The fourth-order valence-corrected chi connectivity index (χ4v) is 1.79. The molecule has 1 heterocycles. The van der Waals surface area contributed by atoms with Gasteiger partial charge in [0.15, 0.2) is 11.4 Å². The number of benzene rings is 1. The molecule has 0 bridgehead atoms. The van der Waals surface area contributed by atoms with Crippen molar-refractivity contribution in [2.24, 2.45) is 7.05 Å². The SMILES string of the molecule is Cn1c(C#N)c(C#N)n(-c2ccc(Cl)cc2)c1=O. The van der Waals surface area contributed by atoms with E-state index in [9.17, 15) is 4.79 Å². The molecule has 0 amide bonds. The molecule has 0 aliphatic heterocycles. The maximum atomic E-state index is 12.0. The van der Waals surface area contributed by atoms with E-state index in [1.165, 1.54) is 11.6 Å². The predicted molar refractivity (Wildman–Crippen MR) is 65.5 cm³/mol. The number of hydrogen-bond acceptors (Lipinski definition) is 3. The van der Waals surface area contributed by atoms with Crippen molar-refractivity contribution in [2.45, 2.75) is 0 Å². The summed E-state index contributed by atoms with van der Waals surface area (Å²) < 4.78 is 2.34. The fraction of sp³-hybridized carbons (Fsp3) is 0.0833. The summed E-state index contributed by atoms with van der Waals surface area (Å²) in [4.78, 5) is 12.0. The van der Waals surface area contributed by atoms with Gasteiger partial charge in [0.05, 0.1) is 5.69 Å². The molecule has 0 aliphatic carbocycles. The first kappa shape index (κ1) is 12.0. The summed E-state index contributed by atoms with van der Waals surface area (Å²) in [7, 11) is 1.45. The van der Waals surface area contributed by atoms with Gasteiger partial charge in [-0.15, -0.1) is 0 Å². The molecular formula is C12H7ClN4O. The van der Waals surface area contributed by atoms with Gasteiger partial charge in [-0.2, -0.15) is 10.5 Å². The quantitative estimate of drug-likeness (QED) is 0.779. The lowest BCUT2D eigenvalue weighted by molar-refractivity contribution is 0.815. The molecule has 0 fully saturated rings. The molecule has 0 saturated heterocycles. The van der Waals surface area contributed by atoms with Crippen molar-refractivity contribution in [1.29, 1.82) is 10.5 Å². The maximum absolute atomic E-state index is 12.0. The van der Waals surface area contributed by atoms with Gasteiger partial charge in [-0.1, -0.05) is 11.6 Å². The van der Waals surface area contributed by atoms with Gasteiger partial charge in [-0.05, 0) is 24.3 Å². The first-order valence-corrected chi connectivity index (χ1v) is 5.35. The summed E-state index contributed by atoms with van der Waals surface area (Å²) in [5.41, 5.74) is 0.119. The van der Waals surface area contributed by atoms with Crippen molar-refractivity contribution in [1.82, 2.24) is 9.13 Å². The van der Waals surface area contributed by atoms with E-state index < -0.39 is 5.69 Å². The standard InChI is InChI=1S/C12H7ClN4O/c1-16-10(6-14)11(7-15)17(12(16)18)9-4-2-8(13)3-5-9/h2-5H,1H3. The summed E-state index contributed by atoms with van der Waals surface area (Å²) in [6.45, 7) is 0. The van der Waals surface area contributed by atoms with Gasteiger partial charge in [0.1, 0.15) is 12.1 Å². The van der Waals surface area contributed by atoms with Crippen molar-refractivity contribution in [3.8, 4) is 17.8 Å². The number of aromatic nitrogens is 2. The molecular weight excluding hydrogens is 252 g/mol. The van der Waals surface area contributed by atoms with Crippen LogP contribution in [0.1, 0.15) is 11.4 Å². The molecule has 0 spiro atoms. The Morgan fingerprint density at radius 3 is 2.17 bits per heavy atom. The van der Waals surface area contributed by atoms with Crippen molar-refractivity contribution < 1.29 is 0 Å². The molecule has 18 heavy (non-hydrogen) atoms. The summed E-state index contributed by atoms with van der Waals surface area (Å²) in [6.07, 6.45) is 0. The smallest absolute Gasteiger partial charge is 0.285 e. The summed E-state index contributed by atoms with van der Waals surface area (Å²) in [5.74, 6) is 0. The Kier molecular flexibility index (Phi) is 2.93. The Bertz CT molecular complexity index is 741. The van der Waals surface area contributed by atoms with Gasteiger partial charge in [-0.3, -0.25) is 9.13 Å². The Morgan fingerprint density at radius 1 is 1.11 bits per heavy atom. The van der Waals surface area contributed by atoms with Crippen LogP contribution in [0.15, 0.2) is 29.1 Å².